The molecule has 0 saturated heterocycles. The summed E-state index contributed by atoms with van der Waals surface area (Å²) in [5.41, 5.74) is 4.14. The van der Waals surface area contributed by atoms with E-state index in [2.05, 4.69) is 66.7 Å². The molecule has 1 aromatic carbocycles. The van der Waals surface area contributed by atoms with Crippen LogP contribution in [0.25, 0.3) is 0 Å². The molecule has 2 heteroatoms. The smallest absolute Gasteiger partial charge is 0.0407 e. The van der Waals surface area contributed by atoms with E-state index in [0.29, 0.717) is 0 Å². The lowest BCUT2D eigenvalue weighted by Gasteiger charge is -2.29. The molecule has 1 aromatic rings. The molecule has 1 rings (SSSR count). The molecule has 0 amide bonds. The Hall–Kier alpha value is -0.500. The molecular formula is C16H26BrN. The molecular weight excluding hydrogens is 286 g/mol. The van der Waals surface area contributed by atoms with Gasteiger partial charge in [0.1, 0.15) is 0 Å². The van der Waals surface area contributed by atoms with Crippen molar-refractivity contribution in [2.24, 2.45) is 5.92 Å². The van der Waals surface area contributed by atoms with Gasteiger partial charge in [0.15, 0.2) is 0 Å². The first-order valence-electron chi connectivity index (χ1n) is 7.06. The van der Waals surface area contributed by atoms with E-state index >= 15 is 0 Å². The number of hydrogen-bond acceptors (Lipinski definition) is 1. The zero-order valence-corrected chi connectivity index (χ0v) is 13.8. The van der Waals surface area contributed by atoms with Gasteiger partial charge in [0.05, 0.1) is 0 Å². The number of aryl methyl sites for hydroxylation is 1. The van der Waals surface area contributed by atoms with Gasteiger partial charge in [-0.2, -0.15) is 0 Å². The highest BCUT2D eigenvalue weighted by Gasteiger charge is 2.13. The Morgan fingerprint density at radius 1 is 1.17 bits per heavy atom. The third kappa shape index (κ3) is 4.01. The van der Waals surface area contributed by atoms with Crippen molar-refractivity contribution in [1.29, 1.82) is 0 Å². The molecule has 0 aliphatic carbocycles. The molecule has 0 heterocycles. The second kappa shape index (κ2) is 7.83. The molecule has 0 spiro atoms. The van der Waals surface area contributed by atoms with Crippen molar-refractivity contribution in [3.8, 4) is 0 Å². The van der Waals surface area contributed by atoms with Crippen LogP contribution < -0.4 is 4.90 Å². The van der Waals surface area contributed by atoms with Crippen LogP contribution in [0.4, 0.5) is 5.69 Å². The summed E-state index contributed by atoms with van der Waals surface area (Å²) in [5.74, 6) is 0.800. The van der Waals surface area contributed by atoms with Crippen molar-refractivity contribution < 1.29 is 0 Å². The molecule has 1 nitrogen and oxygen atoms in total. The molecule has 18 heavy (non-hydrogen) atoms. The Kier molecular flexibility index (Phi) is 6.77. The van der Waals surface area contributed by atoms with Gasteiger partial charge in [-0.05, 0) is 31.4 Å². The SMILES string of the molecule is CCC(CC)CN(CC)c1ccc(C)cc1CBr. The van der Waals surface area contributed by atoms with Gasteiger partial charge in [-0.15, -0.1) is 0 Å². The van der Waals surface area contributed by atoms with Gasteiger partial charge in [0, 0.05) is 24.1 Å². The maximum atomic E-state index is 3.61. The second-order valence-corrected chi connectivity index (χ2v) is 5.55. The zero-order valence-electron chi connectivity index (χ0n) is 12.2. The predicted octanol–water partition coefficient (Wildman–Crippen LogP) is 5.15. The maximum absolute atomic E-state index is 3.61. The lowest BCUT2D eigenvalue weighted by molar-refractivity contribution is 0.486. The van der Waals surface area contributed by atoms with Gasteiger partial charge in [-0.3, -0.25) is 0 Å². The van der Waals surface area contributed by atoms with Crippen LogP contribution in [0.5, 0.6) is 0 Å². The summed E-state index contributed by atoms with van der Waals surface area (Å²) in [6, 6.07) is 6.79. The van der Waals surface area contributed by atoms with Crippen LogP contribution in [0.2, 0.25) is 0 Å². The van der Waals surface area contributed by atoms with Crippen molar-refractivity contribution in [2.45, 2.75) is 45.9 Å². The Bertz CT molecular complexity index is 358. The lowest BCUT2D eigenvalue weighted by atomic mass is 10.0. The van der Waals surface area contributed by atoms with Gasteiger partial charge < -0.3 is 4.90 Å². The summed E-state index contributed by atoms with van der Waals surface area (Å²) < 4.78 is 0. The summed E-state index contributed by atoms with van der Waals surface area (Å²) in [6.07, 6.45) is 2.53. The Morgan fingerprint density at radius 3 is 2.33 bits per heavy atom. The van der Waals surface area contributed by atoms with E-state index in [1.807, 2.05) is 0 Å². The van der Waals surface area contributed by atoms with Crippen LogP contribution in [0.3, 0.4) is 0 Å². The summed E-state index contributed by atoms with van der Waals surface area (Å²) >= 11 is 3.61. The topological polar surface area (TPSA) is 3.24 Å². The highest BCUT2D eigenvalue weighted by Crippen LogP contribution is 2.26. The van der Waals surface area contributed by atoms with Crippen LogP contribution in [0, 0.1) is 12.8 Å². The Morgan fingerprint density at radius 2 is 1.83 bits per heavy atom. The van der Waals surface area contributed by atoms with E-state index < -0.39 is 0 Å². The van der Waals surface area contributed by atoms with Crippen LogP contribution in [-0.2, 0) is 5.33 Å². The molecule has 0 bridgehead atoms. The largest absolute Gasteiger partial charge is 0.371 e. The Labute approximate surface area is 121 Å². The van der Waals surface area contributed by atoms with Gasteiger partial charge >= 0.3 is 0 Å². The quantitative estimate of drug-likeness (QED) is 0.629. The van der Waals surface area contributed by atoms with Crippen molar-refractivity contribution in [2.75, 3.05) is 18.0 Å². The second-order valence-electron chi connectivity index (χ2n) is 4.99. The average Bonchev–Trinajstić information content (AvgIpc) is 2.41. The number of anilines is 1. The van der Waals surface area contributed by atoms with E-state index in [4.69, 9.17) is 0 Å². The van der Waals surface area contributed by atoms with Crippen LogP contribution >= 0.6 is 15.9 Å². The fourth-order valence-electron chi connectivity index (χ4n) is 2.39. The predicted molar refractivity (Wildman–Crippen MR) is 85.8 cm³/mol. The van der Waals surface area contributed by atoms with Crippen molar-refractivity contribution in [1.82, 2.24) is 0 Å². The summed E-state index contributed by atoms with van der Waals surface area (Å²) in [6.45, 7) is 11.3. The molecule has 0 N–H and O–H groups in total. The molecule has 102 valence electrons. The minimum absolute atomic E-state index is 0.800. The molecule has 0 aliphatic rings. The third-order valence-corrected chi connectivity index (χ3v) is 4.34. The summed E-state index contributed by atoms with van der Waals surface area (Å²) in [5, 5.41) is 0.934. The highest BCUT2D eigenvalue weighted by molar-refractivity contribution is 9.08. The van der Waals surface area contributed by atoms with E-state index in [0.717, 1.165) is 17.8 Å². The Balaban J connectivity index is 2.93. The first-order chi connectivity index (χ1) is 8.65. The number of benzene rings is 1. The molecule has 0 radical (unpaired) electrons. The molecule has 0 saturated carbocycles. The summed E-state index contributed by atoms with van der Waals surface area (Å²) in [7, 11) is 0. The minimum atomic E-state index is 0.800. The van der Waals surface area contributed by atoms with Crippen LogP contribution in [-0.4, -0.2) is 13.1 Å². The number of hydrogen-bond donors (Lipinski definition) is 0. The van der Waals surface area contributed by atoms with Gasteiger partial charge in [0.25, 0.3) is 0 Å². The number of halogens is 1. The number of nitrogens with zero attached hydrogens (tertiary/aromatic N) is 1. The van der Waals surface area contributed by atoms with Gasteiger partial charge in [0.2, 0.25) is 0 Å². The van der Waals surface area contributed by atoms with E-state index in [-0.39, 0.29) is 0 Å². The highest BCUT2D eigenvalue weighted by atomic mass is 79.9. The molecule has 0 unspecified atom stereocenters. The molecule has 0 aliphatic heterocycles. The molecule has 0 aromatic heterocycles. The summed E-state index contributed by atoms with van der Waals surface area (Å²) in [4.78, 5) is 2.52. The normalized spacial score (nSPS) is 11.0. The van der Waals surface area contributed by atoms with Crippen LogP contribution in [0.1, 0.15) is 44.7 Å². The van der Waals surface area contributed by atoms with Crippen molar-refractivity contribution in [3.05, 3.63) is 29.3 Å². The van der Waals surface area contributed by atoms with Crippen molar-refractivity contribution in [3.63, 3.8) is 0 Å². The van der Waals surface area contributed by atoms with E-state index in [1.165, 1.54) is 36.2 Å². The maximum Gasteiger partial charge on any atom is 0.0407 e. The molecule has 0 fully saturated rings. The minimum Gasteiger partial charge on any atom is -0.371 e. The lowest BCUT2D eigenvalue weighted by Crippen LogP contribution is -2.29. The van der Waals surface area contributed by atoms with Crippen molar-refractivity contribution >= 4 is 21.6 Å². The fraction of sp³-hybridized carbons (Fsp3) is 0.625. The van der Waals surface area contributed by atoms with Crippen LogP contribution in [0.15, 0.2) is 18.2 Å². The monoisotopic (exact) mass is 311 g/mol. The van der Waals surface area contributed by atoms with E-state index in [1.54, 1.807) is 0 Å². The van der Waals surface area contributed by atoms with E-state index in [9.17, 15) is 0 Å². The first-order valence-corrected chi connectivity index (χ1v) is 8.18. The third-order valence-electron chi connectivity index (χ3n) is 3.73. The van der Waals surface area contributed by atoms with Gasteiger partial charge in [-0.25, -0.2) is 0 Å². The first kappa shape index (κ1) is 15.6. The zero-order chi connectivity index (χ0) is 13.5. The number of alkyl halides is 1. The molecule has 0 atom stereocenters. The number of rotatable bonds is 7. The standard InChI is InChI=1S/C16H26BrN/c1-5-14(6-2)12-18(7-3)16-9-8-13(4)10-15(16)11-17/h8-10,14H,5-7,11-12H2,1-4H3. The average molecular weight is 312 g/mol. The fourth-order valence-corrected chi connectivity index (χ4v) is 2.84. The van der Waals surface area contributed by atoms with Gasteiger partial charge in [-0.1, -0.05) is 60.3 Å².